The molecule has 1 aliphatic heterocycles. The third-order valence-electron chi connectivity index (χ3n) is 4.79. The lowest BCUT2D eigenvalue weighted by Crippen LogP contribution is -2.42. The van der Waals surface area contributed by atoms with Crippen LogP contribution in [0.25, 0.3) is 0 Å². The van der Waals surface area contributed by atoms with E-state index >= 15 is 0 Å². The Bertz CT molecular complexity index is 542. The second-order valence-electron chi connectivity index (χ2n) is 6.75. The molecular weight excluding hydrogens is 334 g/mol. The fourth-order valence-corrected chi connectivity index (χ4v) is 3.42. The van der Waals surface area contributed by atoms with Crippen molar-refractivity contribution in [1.29, 1.82) is 0 Å². The molecule has 1 N–H and O–H groups in total. The summed E-state index contributed by atoms with van der Waals surface area (Å²) in [5.74, 6) is 0.894. The Kier molecular flexibility index (Phi) is 6.90. The van der Waals surface area contributed by atoms with Crippen LogP contribution in [-0.2, 0) is 11.3 Å². The summed E-state index contributed by atoms with van der Waals surface area (Å²) < 4.78 is 10.6. The highest BCUT2D eigenvalue weighted by Crippen LogP contribution is 2.28. The zero-order chi connectivity index (χ0) is 17.5. The summed E-state index contributed by atoms with van der Waals surface area (Å²) in [5.41, 5.74) is 1.27. The summed E-state index contributed by atoms with van der Waals surface area (Å²) in [5, 5.41) is 4.35. The zero-order valence-electron chi connectivity index (χ0n) is 15.1. The number of nitrogens with one attached hydrogen (secondary N) is 1. The van der Waals surface area contributed by atoms with E-state index in [1.807, 2.05) is 12.1 Å². The number of thiocarbonyl (C=S) groups is 1. The minimum atomic E-state index is 0.598. The van der Waals surface area contributed by atoms with E-state index in [4.69, 9.17) is 21.7 Å². The Morgan fingerprint density at radius 3 is 2.64 bits per heavy atom. The molecule has 3 rings (SSSR count). The van der Waals surface area contributed by atoms with Gasteiger partial charge < -0.3 is 19.7 Å². The Labute approximate surface area is 156 Å². The van der Waals surface area contributed by atoms with Crippen LogP contribution >= 0.6 is 12.2 Å². The molecule has 1 heterocycles. The summed E-state index contributed by atoms with van der Waals surface area (Å²) in [6, 6.07) is 8.87. The number of benzene rings is 1. The molecule has 0 spiro atoms. The summed E-state index contributed by atoms with van der Waals surface area (Å²) in [6.45, 7) is 6.74. The average molecular weight is 364 g/mol. The topological polar surface area (TPSA) is 37.0 Å². The van der Waals surface area contributed by atoms with Gasteiger partial charge in [-0.05, 0) is 55.7 Å². The van der Waals surface area contributed by atoms with E-state index in [0.717, 1.165) is 63.2 Å². The molecule has 1 aromatic carbocycles. The van der Waals surface area contributed by atoms with Gasteiger partial charge in [-0.2, -0.15) is 0 Å². The predicted octanol–water partition coefficient (Wildman–Crippen LogP) is 2.26. The van der Waals surface area contributed by atoms with Crippen LogP contribution in [0.4, 0.5) is 0 Å². The predicted molar refractivity (Wildman–Crippen MR) is 104 cm³/mol. The van der Waals surface area contributed by atoms with Crippen molar-refractivity contribution < 1.29 is 9.47 Å². The van der Waals surface area contributed by atoms with Gasteiger partial charge in [0.25, 0.3) is 0 Å². The Balaban J connectivity index is 1.42. The molecule has 5 nitrogen and oxygen atoms in total. The van der Waals surface area contributed by atoms with E-state index < -0.39 is 0 Å². The van der Waals surface area contributed by atoms with Crippen molar-refractivity contribution in [3.63, 3.8) is 0 Å². The standard InChI is InChI=1S/C19H29N3O2S/c1-23-18-7-3-16(4-8-18)15-22(17-5-6-17)19(25)20-9-2-10-21-11-13-24-14-12-21/h3-4,7-8,17H,2,5-6,9-15H2,1H3,(H,20,25). The van der Waals surface area contributed by atoms with Gasteiger partial charge in [-0.1, -0.05) is 12.1 Å². The maximum absolute atomic E-state index is 5.67. The fourth-order valence-electron chi connectivity index (χ4n) is 3.10. The smallest absolute Gasteiger partial charge is 0.169 e. The molecule has 0 amide bonds. The average Bonchev–Trinajstić information content (AvgIpc) is 3.49. The molecular formula is C19H29N3O2S. The SMILES string of the molecule is COc1ccc(CN(C(=S)NCCCN2CCOCC2)C2CC2)cc1. The molecule has 1 aliphatic carbocycles. The van der Waals surface area contributed by atoms with Crippen LogP contribution < -0.4 is 10.1 Å². The van der Waals surface area contributed by atoms with Gasteiger partial charge in [0.15, 0.2) is 5.11 Å². The highest BCUT2D eigenvalue weighted by Gasteiger charge is 2.30. The third kappa shape index (κ3) is 5.83. The minimum absolute atomic E-state index is 0.598. The van der Waals surface area contributed by atoms with Gasteiger partial charge in [0.2, 0.25) is 0 Å². The van der Waals surface area contributed by atoms with Crippen LogP contribution in [0.1, 0.15) is 24.8 Å². The first-order valence-electron chi connectivity index (χ1n) is 9.24. The maximum atomic E-state index is 5.67. The van der Waals surface area contributed by atoms with Crippen LogP contribution in [0, 0.1) is 0 Å². The molecule has 2 fully saturated rings. The number of morpholine rings is 1. The number of nitrogens with zero attached hydrogens (tertiary/aromatic N) is 2. The van der Waals surface area contributed by atoms with Gasteiger partial charge in [-0.25, -0.2) is 0 Å². The number of rotatable bonds is 8. The van der Waals surface area contributed by atoms with Gasteiger partial charge in [0.1, 0.15) is 5.75 Å². The summed E-state index contributed by atoms with van der Waals surface area (Å²) >= 11 is 5.67. The van der Waals surface area contributed by atoms with Crippen molar-refractivity contribution in [2.45, 2.75) is 31.8 Å². The Morgan fingerprint density at radius 2 is 2.00 bits per heavy atom. The van der Waals surface area contributed by atoms with E-state index in [0.29, 0.717) is 6.04 Å². The molecule has 1 saturated carbocycles. The van der Waals surface area contributed by atoms with E-state index in [1.54, 1.807) is 7.11 Å². The van der Waals surface area contributed by atoms with Gasteiger partial charge in [-0.3, -0.25) is 4.90 Å². The number of ether oxygens (including phenoxy) is 2. The fraction of sp³-hybridized carbons (Fsp3) is 0.632. The monoisotopic (exact) mass is 363 g/mol. The third-order valence-corrected chi connectivity index (χ3v) is 5.17. The second kappa shape index (κ2) is 9.36. The van der Waals surface area contributed by atoms with Crippen LogP contribution in [0.5, 0.6) is 5.75 Å². The lowest BCUT2D eigenvalue weighted by atomic mass is 10.2. The normalized spacial score (nSPS) is 18.0. The van der Waals surface area contributed by atoms with Crippen LogP contribution in [0.2, 0.25) is 0 Å². The highest BCUT2D eigenvalue weighted by atomic mass is 32.1. The molecule has 0 unspecified atom stereocenters. The van der Waals surface area contributed by atoms with Gasteiger partial charge in [-0.15, -0.1) is 0 Å². The largest absolute Gasteiger partial charge is 0.497 e. The van der Waals surface area contributed by atoms with Crippen LogP contribution in [0.15, 0.2) is 24.3 Å². The summed E-state index contributed by atoms with van der Waals surface area (Å²) in [6.07, 6.45) is 3.60. The molecule has 0 aromatic heterocycles. The molecule has 0 radical (unpaired) electrons. The van der Waals surface area contributed by atoms with Crippen LogP contribution in [0.3, 0.4) is 0 Å². The van der Waals surface area contributed by atoms with Crippen molar-refractivity contribution in [1.82, 2.24) is 15.1 Å². The number of methoxy groups -OCH3 is 1. The van der Waals surface area contributed by atoms with E-state index in [-0.39, 0.29) is 0 Å². The zero-order valence-corrected chi connectivity index (χ0v) is 15.9. The van der Waals surface area contributed by atoms with Crippen LogP contribution in [-0.4, -0.2) is 67.5 Å². The first-order valence-corrected chi connectivity index (χ1v) is 9.64. The minimum Gasteiger partial charge on any atom is -0.497 e. The first kappa shape index (κ1) is 18.4. The number of hydrogen-bond acceptors (Lipinski definition) is 4. The molecule has 0 atom stereocenters. The van der Waals surface area contributed by atoms with E-state index in [2.05, 4.69) is 27.2 Å². The molecule has 1 saturated heterocycles. The molecule has 25 heavy (non-hydrogen) atoms. The Morgan fingerprint density at radius 1 is 1.28 bits per heavy atom. The van der Waals surface area contributed by atoms with E-state index in [1.165, 1.54) is 18.4 Å². The van der Waals surface area contributed by atoms with E-state index in [9.17, 15) is 0 Å². The highest BCUT2D eigenvalue weighted by molar-refractivity contribution is 7.80. The Hall–Kier alpha value is -1.37. The maximum Gasteiger partial charge on any atom is 0.169 e. The van der Waals surface area contributed by atoms with Crippen molar-refractivity contribution in [2.24, 2.45) is 0 Å². The summed E-state index contributed by atoms with van der Waals surface area (Å²) in [4.78, 5) is 4.80. The van der Waals surface area contributed by atoms with Crippen molar-refractivity contribution in [2.75, 3.05) is 46.5 Å². The van der Waals surface area contributed by atoms with Crippen molar-refractivity contribution in [3.8, 4) is 5.75 Å². The quantitative estimate of drug-likeness (QED) is 0.564. The number of hydrogen-bond donors (Lipinski definition) is 1. The van der Waals surface area contributed by atoms with Gasteiger partial charge in [0.05, 0.1) is 20.3 Å². The molecule has 2 aliphatic rings. The molecule has 1 aromatic rings. The second-order valence-corrected chi connectivity index (χ2v) is 7.13. The lowest BCUT2D eigenvalue weighted by molar-refractivity contribution is 0.0376. The van der Waals surface area contributed by atoms with Crippen molar-refractivity contribution in [3.05, 3.63) is 29.8 Å². The molecule has 6 heteroatoms. The van der Waals surface area contributed by atoms with Gasteiger partial charge >= 0.3 is 0 Å². The summed E-state index contributed by atoms with van der Waals surface area (Å²) in [7, 11) is 1.70. The molecule has 138 valence electrons. The lowest BCUT2D eigenvalue weighted by Gasteiger charge is -2.28. The molecule has 0 bridgehead atoms. The van der Waals surface area contributed by atoms with Crippen molar-refractivity contribution >= 4 is 17.3 Å². The van der Waals surface area contributed by atoms with Gasteiger partial charge in [0, 0.05) is 32.2 Å². The first-order chi connectivity index (χ1) is 12.3.